The van der Waals surface area contributed by atoms with E-state index in [1.165, 1.54) is 7.05 Å². The first-order chi connectivity index (χ1) is 8.14. The Hall–Kier alpha value is -1.36. The maximum absolute atomic E-state index is 12.2. The number of nitrogens with zero attached hydrogens (tertiary/aromatic N) is 1. The fourth-order valence-electron chi connectivity index (χ4n) is 1.96. The Balaban J connectivity index is 2.67. The zero-order valence-corrected chi connectivity index (χ0v) is 11.8. The molecule has 1 aliphatic heterocycles. The zero-order chi connectivity index (χ0) is 13.7. The molecule has 0 atom stereocenters. The summed E-state index contributed by atoms with van der Waals surface area (Å²) >= 11 is 0. The van der Waals surface area contributed by atoms with Gasteiger partial charge in [-0.3, -0.25) is 4.79 Å². The molecule has 0 radical (unpaired) electrons. The van der Waals surface area contributed by atoms with E-state index in [9.17, 15) is 13.2 Å². The van der Waals surface area contributed by atoms with E-state index < -0.39 is 10.0 Å². The lowest BCUT2D eigenvalue weighted by Crippen LogP contribution is -2.39. The monoisotopic (exact) mass is 267 g/mol. The first kappa shape index (κ1) is 13.1. The van der Waals surface area contributed by atoms with Gasteiger partial charge in [-0.2, -0.15) is 0 Å². The molecule has 0 saturated carbocycles. The number of hydrogen-bond donors (Lipinski definition) is 0. The van der Waals surface area contributed by atoms with Crippen LogP contribution in [0.3, 0.4) is 0 Å². The van der Waals surface area contributed by atoms with Gasteiger partial charge in [0, 0.05) is 7.05 Å². The topological polar surface area (TPSA) is 54.5 Å². The lowest BCUT2D eigenvalue weighted by atomic mass is 9.86. The number of fused-ring (bicyclic) bond motifs is 1. The van der Waals surface area contributed by atoms with Gasteiger partial charge in [0.2, 0.25) is 5.91 Å². The highest BCUT2D eigenvalue weighted by atomic mass is 32.2. The van der Waals surface area contributed by atoms with E-state index in [1.807, 2.05) is 26.8 Å². The van der Waals surface area contributed by atoms with Crippen molar-refractivity contribution in [3.05, 3.63) is 29.3 Å². The van der Waals surface area contributed by atoms with Crippen molar-refractivity contribution in [1.29, 1.82) is 0 Å². The van der Waals surface area contributed by atoms with Crippen LogP contribution in [0.1, 0.15) is 31.9 Å². The molecule has 4 nitrogen and oxygen atoms in total. The molecule has 98 valence electrons. The van der Waals surface area contributed by atoms with Crippen LogP contribution in [0.5, 0.6) is 0 Å². The highest BCUT2D eigenvalue weighted by molar-refractivity contribution is 7.89. The summed E-state index contributed by atoms with van der Waals surface area (Å²) in [7, 11) is -2.36. The highest BCUT2D eigenvalue weighted by Crippen LogP contribution is 2.31. The third kappa shape index (κ3) is 1.92. The highest BCUT2D eigenvalue weighted by Gasteiger charge is 2.34. The molecule has 0 spiro atoms. The SMILES string of the molecule is CN1C(=O)Cc2ccc(C(C)(C)C)cc2S1(=O)=O. The average molecular weight is 267 g/mol. The summed E-state index contributed by atoms with van der Waals surface area (Å²) in [6.45, 7) is 6.08. The predicted molar refractivity (Wildman–Crippen MR) is 68.8 cm³/mol. The molecule has 1 amide bonds. The summed E-state index contributed by atoms with van der Waals surface area (Å²) in [5.41, 5.74) is 1.42. The Morgan fingerprint density at radius 3 is 2.39 bits per heavy atom. The van der Waals surface area contributed by atoms with E-state index in [1.54, 1.807) is 12.1 Å². The van der Waals surface area contributed by atoms with Crippen molar-refractivity contribution in [1.82, 2.24) is 4.31 Å². The van der Waals surface area contributed by atoms with Crippen molar-refractivity contribution < 1.29 is 13.2 Å². The second-order valence-electron chi connectivity index (χ2n) is 5.62. The van der Waals surface area contributed by atoms with Crippen LogP contribution in [0.2, 0.25) is 0 Å². The molecule has 1 aliphatic rings. The van der Waals surface area contributed by atoms with Crippen LogP contribution in [-0.2, 0) is 26.7 Å². The summed E-state index contributed by atoms with van der Waals surface area (Å²) in [4.78, 5) is 11.9. The summed E-state index contributed by atoms with van der Waals surface area (Å²) in [5, 5.41) is 0. The number of amides is 1. The van der Waals surface area contributed by atoms with Gasteiger partial charge in [-0.15, -0.1) is 0 Å². The number of hydrogen-bond acceptors (Lipinski definition) is 3. The summed E-state index contributed by atoms with van der Waals surface area (Å²) in [5.74, 6) is -0.383. The van der Waals surface area contributed by atoms with Gasteiger partial charge >= 0.3 is 0 Å². The van der Waals surface area contributed by atoms with Crippen molar-refractivity contribution >= 4 is 15.9 Å². The third-order valence-corrected chi connectivity index (χ3v) is 5.13. The quantitative estimate of drug-likeness (QED) is 0.718. The van der Waals surface area contributed by atoms with Crippen LogP contribution in [0.4, 0.5) is 0 Å². The fourth-order valence-corrected chi connectivity index (χ4v) is 3.34. The molecule has 18 heavy (non-hydrogen) atoms. The molecule has 1 heterocycles. The average Bonchev–Trinajstić information content (AvgIpc) is 2.25. The van der Waals surface area contributed by atoms with Crippen LogP contribution < -0.4 is 0 Å². The van der Waals surface area contributed by atoms with Crippen LogP contribution in [0, 0.1) is 0 Å². The number of rotatable bonds is 0. The molecule has 0 aromatic heterocycles. The van der Waals surface area contributed by atoms with Crippen molar-refractivity contribution in [3.63, 3.8) is 0 Å². The van der Waals surface area contributed by atoms with Crippen molar-refractivity contribution in [2.75, 3.05) is 7.05 Å². The van der Waals surface area contributed by atoms with Gasteiger partial charge in [0.25, 0.3) is 10.0 Å². The molecular weight excluding hydrogens is 250 g/mol. The molecule has 0 bridgehead atoms. The maximum Gasteiger partial charge on any atom is 0.266 e. The van der Waals surface area contributed by atoms with Crippen molar-refractivity contribution in [3.8, 4) is 0 Å². The van der Waals surface area contributed by atoms with Crippen molar-refractivity contribution in [2.45, 2.75) is 37.5 Å². The van der Waals surface area contributed by atoms with Gasteiger partial charge in [-0.25, -0.2) is 12.7 Å². The van der Waals surface area contributed by atoms with Gasteiger partial charge < -0.3 is 0 Å². The van der Waals surface area contributed by atoms with E-state index in [0.29, 0.717) is 5.56 Å². The van der Waals surface area contributed by atoms with Gasteiger partial charge in [-0.05, 0) is 22.6 Å². The van der Waals surface area contributed by atoms with Crippen LogP contribution >= 0.6 is 0 Å². The maximum atomic E-state index is 12.2. The van der Waals surface area contributed by atoms with E-state index >= 15 is 0 Å². The van der Waals surface area contributed by atoms with Gasteiger partial charge in [0.05, 0.1) is 11.3 Å². The molecule has 0 saturated heterocycles. The van der Waals surface area contributed by atoms with E-state index in [2.05, 4.69) is 0 Å². The molecule has 5 heteroatoms. The Kier molecular flexibility index (Phi) is 2.77. The summed E-state index contributed by atoms with van der Waals surface area (Å²) in [6, 6.07) is 5.33. The van der Waals surface area contributed by atoms with Gasteiger partial charge in [0.15, 0.2) is 0 Å². The molecule has 0 N–H and O–H groups in total. The van der Waals surface area contributed by atoms with E-state index in [0.717, 1.165) is 9.87 Å². The minimum absolute atomic E-state index is 0.120. The molecule has 0 aliphatic carbocycles. The Morgan fingerprint density at radius 2 is 1.83 bits per heavy atom. The molecular formula is C13H17NO3S. The molecule has 0 fully saturated rings. The van der Waals surface area contributed by atoms with Gasteiger partial charge in [0.1, 0.15) is 0 Å². The van der Waals surface area contributed by atoms with E-state index in [-0.39, 0.29) is 22.6 Å². The Bertz CT molecular complexity index is 612. The number of carbonyl (C=O) groups excluding carboxylic acids is 1. The standard InChI is InChI=1S/C13H17NO3S/c1-13(2,3)10-6-5-9-7-12(15)14(4)18(16,17)11(9)8-10/h5-6,8H,7H2,1-4H3. The number of benzene rings is 1. The lowest BCUT2D eigenvalue weighted by Gasteiger charge is -2.27. The normalized spacial score (nSPS) is 18.7. The smallest absolute Gasteiger partial charge is 0.266 e. The molecule has 2 rings (SSSR count). The first-order valence-corrected chi connectivity index (χ1v) is 7.23. The predicted octanol–water partition coefficient (Wildman–Crippen LogP) is 1.69. The summed E-state index contributed by atoms with van der Waals surface area (Å²) in [6.07, 6.45) is 0.148. The third-order valence-electron chi connectivity index (χ3n) is 3.26. The molecule has 1 aromatic rings. The first-order valence-electron chi connectivity index (χ1n) is 5.79. The Labute approximate surface area is 108 Å². The number of sulfonamides is 1. The second-order valence-corrected chi connectivity index (χ2v) is 7.55. The molecule has 1 aromatic carbocycles. The van der Waals surface area contributed by atoms with Crippen LogP contribution in [0.25, 0.3) is 0 Å². The van der Waals surface area contributed by atoms with Gasteiger partial charge in [-0.1, -0.05) is 32.9 Å². The second kappa shape index (κ2) is 3.82. The number of carbonyl (C=O) groups is 1. The fraction of sp³-hybridized carbons (Fsp3) is 0.462. The van der Waals surface area contributed by atoms with Crippen LogP contribution in [-0.4, -0.2) is 25.7 Å². The Morgan fingerprint density at radius 1 is 1.22 bits per heavy atom. The largest absolute Gasteiger partial charge is 0.273 e. The van der Waals surface area contributed by atoms with Crippen LogP contribution in [0.15, 0.2) is 23.1 Å². The zero-order valence-electron chi connectivity index (χ0n) is 11.0. The van der Waals surface area contributed by atoms with Crippen molar-refractivity contribution in [2.24, 2.45) is 0 Å². The summed E-state index contributed by atoms with van der Waals surface area (Å²) < 4.78 is 25.2. The number of likely N-dealkylation sites (N-methyl/N-ethyl adjacent to an activating group) is 1. The van der Waals surface area contributed by atoms with E-state index in [4.69, 9.17) is 0 Å². The minimum Gasteiger partial charge on any atom is -0.273 e. The minimum atomic E-state index is -3.67. The lowest BCUT2D eigenvalue weighted by molar-refractivity contribution is -0.125. The molecule has 0 unspecified atom stereocenters.